The van der Waals surface area contributed by atoms with Crippen LogP contribution in [0, 0.1) is 11.8 Å². The first-order valence-corrected chi connectivity index (χ1v) is 7.03. The smallest absolute Gasteiger partial charge is 0.253 e. The summed E-state index contributed by atoms with van der Waals surface area (Å²) in [6.07, 6.45) is 1.15. The zero-order valence-electron chi connectivity index (χ0n) is 12.0. The van der Waals surface area contributed by atoms with Gasteiger partial charge in [-0.2, -0.15) is 0 Å². The molecule has 1 aliphatic rings. The summed E-state index contributed by atoms with van der Waals surface area (Å²) in [5.41, 5.74) is 0.812. The highest BCUT2D eigenvalue weighted by atomic mass is 16.2. The van der Waals surface area contributed by atoms with Gasteiger partial charge in [-0.15, -0.1) is 0 Å². The monoisotopic (exact) mass is 247 g/mol. The topological polar surface area (TPSA) is 20.3 Å². The molecular weight excluding hydrogens is 222 g/mol. The molecule has 1 aromatic rings. The summed E-state index contributed by atoms with van der Waals surface area (Å²) in [4.78, 5) is 14.1. The molecule has 0 aliphatic carbocycles. The molecule has 0 unspecified atom stereocenters. The van der Waals surface area contributed by atoms with Crippen LogP contribution < -0.4 is 0 Å². The Morgan fingerprint density at radius 1 is 1.22 bits per heavy atom. The minimum atomic E-state index is 0.184. The normalized spacial score (nSPS) is 18.5. The summed E-state index contributed by atoms with van der Waals surface area (Å²) in [6.45, 7) is 10.3. The van der Waals surface area contributed by atoms with E-state index in [1.54, 1.807) is 0 Å². The van der Waals surface area contributed by atoms with Crippen molar-refractivity contribution in [2.75, 3.05) is 13.1 Å². The van der Waals surface area contributed by atoms with Crippen molar-refractivity contribution >= 4 is 5.91 Å². The third-order valence-corrected chi connectivity index (χ3v) is 3.48. The number of rotatable bonds is 2. The lowest BCUT2D eigenvalue weighted by atomic mass is 9.95. The summed E-state index contributed by atoms with van der Waals surface area (Å²) >= 11 is 0. The highest BCUT2D eigenvalue weighted by molar-refractivity contribution is 5.94. The number of likely N-dealkylation sites (tertiary alicyclic amines) is 1. The third-order valence-electron chi connectivity index (χ3n) is 3.48. The van der Waals surface area contributed by atoms with Crippen LogP contribution >= 0.6 is 0 Å². The highest BCUT2D eigenvalue weighted by Gasteiger charge is 2.28. The van der Waals surface area contributed by atoms with Crippen molar-refractivity contribution in [3.05, 3.63) is 35.9 Å². The third kappa shape index (κ3) is 3.59. The molecule has 1 heterocycles. The van der Waals surface area contributed by atoms with Gasteiger partial charge in [0.2, 0.25) is 0 Å². The Labute approximate surface area is 111 Å². The number of carbonyl (C=O) groups is 1. The molecule has 0 N–H and O–H groups in total. The quantitative estimate of drug-likeness (QED) is 0.777. The van der Waals surface area contributed by atoms with Crippen LogP contribution in [0.5, 0.6) is 0 Å². The SMILES string of the molecule is CC.CC(C)[C@@H]1CCN(C(=O)c2ccccc2)C1. The molecule has 1 fully saturated rings. The maximum atomic E-state index is 12.1. The van der Waals surface area contributed by atoms with Gasteiger partial charge in [0.05, 0.1) is 0 Å². The molecule has 2 rings (SSSR count). The Kier molecular flexibility index (Phi) is 5.90. The molecule has 1 atom stereocenters. The molecule has 1 aliphatic heterocycles. The molecule has 0 spiro atoms. The van der Waals surface area contributed by atoms with Crippen molar-refractivity contribution in [3.8, 4) is 0 Å². The van der Waals surface area contributed by atoms with Crippen molar-refractivity contribution in [1.29, 1.82) is 0 Å². The summed E-state index contributed by atoms with van der Waals surface area (Å²) in [5.74, 6) is 1.53. The maximum absolute atomic E-state index is 12.1. The minimum Gasteiger partial charge on any atom is -0.338 e. The van der Waals surface area contributed by atoms with Crippen LogP contribution in [0.1, 0.15) is 44.5 Å². The lowest BCUT2D eigenvalue weighted by molar-refractivity contribution is 0.0784. The number of hydrogen-bond acceptors (Lipinski definition) is 1. The first kappa shape index (κ1) is 14.7. The van der Waals surface area contributed by atoms with Crippen molar-refractivity contribution in [2.45, 2.75) is 34.1 Å². The Balaban J connectivity index is 0.000000771. The van der Waals surface area contributed by atoms with E-state index in [4.69, 9.17) is 0 Å². The molecule has 0 radical (unpaired) electrons. The van der Waals surface area contributed by atoms with Gasteiger partial charge in [-0.05, 0) is 30.4 Å². The minimum absolute atomic E-state index is 0.184. The number of carbonyl (C=O) groups excluding carboxylic acids is 1. The zero-order chi connectivity index (χ0) is 13.5. The van der Waals surface area contributed by atoms with E-state index in [-0.39, 0.29) is 5.91 Å². The molecule has 0 bridgehead atoms. The van der Waals surface area contributed by atoms with E-state index in [1.807, 2.05) is 49.1 Å². The lowest BCUT2D eigenvalue weighted by Gasteiger charge is -2.18. The van der Waals surface area contributed by atoms with Gasteiger partial charge in [0.15, 0.2) is 0 Å². The average molecular weight is 247 g/mol. The molecule has 1 saturated heterocycles. The molecule has 18 heavy (non-hydrogen) atoms. The molecule has 0 saturated carbocycles. The van der Waals surface area contributed by atoms with E-state index >= 15 is 0 Å². The van der Waals surface area contributed by atoms with E-state index in [2.05, 4.69) is 13.8 Å². The first-order chi connectivity index (χ1) is 8.68. The summed E-state index contributed by atoms with van der Waals surface area (Å²) in [7, 11) is 0. The predicted molar refractivity (Wildman–Crippen MR) is 76.6 cm³/mol. The number of hydrogen-bond donors (Lipinski definition) is 0. The molecule has 100 valence electrons. The Hall–Kier alpha value is -1.31. The van der Waals surface area contributed by atoms with Gasteiger partial charge in [0.25, 0.3) is 5.91 Å². The number of nitrogens with zero attached hydrogens (tertiary/aromatic N) is 1. The van der Waals surface area contributed by atoms with Gasteiger partial charge in [0, 0.05) is 18.7 Å². The fraction of sp³-hybridized carbons (Fsp3) is 0.562. The molecule has 2 heteroatoms. The Morgan fingerprint density at radius 2 is 1.83 bits per heavy atom. The summed E-state index contributed by atoms with van der Waals surface area (Å²) < 4.78 is 0. The van der Waals surface area contributed by atoms with E-state index in [1.165, 1.54) is 0 Å². The lowest BCUT2D eigenvalue weighted by Crippen LogP contribution is -2.29. The first-order valence-electron chi connectivity index (χ1n) is 7.03. The summed E-state index contributed by atoms with van der Waals surface area (Å²) in [6, 6.07) is 9.57. The van der Waals surface area contributed by atoms with Gasteiger partial charge >= 0.3 is 0 Å². The van der Waals surface area contributed by atoms with Crippen LogP contribution in [-0.4, -0.2) is 23.9 Å². The zero-order valence-corrected chi connectivity index (χ0v) is 12.0. The van der Waals surface area contributed by atoms with E-state index in [0.717, 1.165) is 25.1 Å². The molecular formula is C16H25NO. The van der Waals surface area contributed by atoms with E-state index < -0.39 is 0 Å². The van der Waals surface area contributed by atoms with Crippen LogP contribution in [0.4, 0.5) is 0 Å². The van der Waals surface area contributed by atoms with Gasteiger partial charge in [0.1, 0.15) is 0 Å². The van der Waals surface area contributed by atoms with Crippen molar-refractivity contribution in [2.24, 2.45) is 11.8 Å². The van der Waals surface area contributed by atoms with Crippen LogP contribution in [0.25, 0.3) is 0 Å². The van der Waals surface area contributed by atoms with Gasteiger partial charge in [-0.1, -0.05) is 45.9 Å². The Morgan fingerprint density at radius 3 is 2.33 bits per heavy atom. The molecule has 0 aromatic heterocycles. The summed E-state index contributed by atoms with van der Waals surface area (Å²) in [5, 5.41) is 0. The number of benzene rings is 1. The predicted octanol–water partition coefficient (Wildman–Crippen LogP) is 3.83. The average Bonchev–Trinajstić information content (AvgIpc) is 2.91. The maximum Gasteiger partial charge on any atom is 0.253 e. The fourth-order valence-electron chi connectivity index (χ4n) is 2.28. The van der Waals surface area contributed by atoms with Crippen LogP contribution in [0.2, 0.25) is 0 Å². The highest BCUT2D eigenvalue weighted by Crippen LogP contribution is 2.24. The molecule has 1 amide bonds. The van der Waals surface area contributed by atoms with Crippen LogP contribution in [0.3, 0.4) is 0 Å². The van der Waals surface area contributed by atoms with E-state index in [0.29, 0.717) is 11.8 Å². The largest absolute Gasteiger partial charge is 0.338 e. The van der Waals surface area contributed by atoms with E-state index in [9.17, 15) is 4.79 Å². The van der Waals surface area contributed by atoms with Crippen molar-refractivity contribution < 1.29 is 4.79 Å². The van der Waals surface area contributed by atoms with Gasteiger partial charge < -0.3 is 4.90 Å². The molecule has 2 nitrogen and oxygen atoms in total. The fourth-order valence-corrected chi connectivity index (χ4v) is 2.28. The van der Waals surface area contributed by atoms with Gasteiger partial charge in [-0.3, -0.25) is 4.79 Å². The van der Waals surface area contributed by atoms with Crippen LogP contribution in [-0.2, 0) is 0 Å². The standard InChI is InChI=1S/C14H19NO.C2H6/c1-11(2)13-8-9-15(10-13)14(16)12-6-4-3-5-7-12;1-2/h3-7,11,13H,8-10H2,1-2H3;1-2H3/t13-;/m1./s1. The second kappa shape index (κ2) is 7.20. The number of amides is 1. The Bertz CT molecular complexity index is 359. The second-order valence-electron chi connectivity index (χ2n) is 4.91. The van der Waals surface area contributed by atoms with Crippen molar-refractivity contribution in [3.63, 3.8) is 0 Å². The van der Waals surface area contributed by atoms with Crippen molar-refractivity contribution in [1.82, 2.24) is 4.90 Å². The van der Waals surface area contributed by atoms with Gasteiger partial charge in [-0.25, -0.2) is 0 Å². The second-order valence-corrected chi connectivity index (χ2v) is 4.91. The van der Waals surface area contributed by atoms with Crippen LogP contribution in [0.15, 0.2) is 30.3 Å². The molecule has 1 aromatic carbocycles.